The summed E-state index contributed by atoms with van der Waals surface area (Å²) in [6.45, 7) is 1.96. The van der Waals surface area contributed by atoms with Gasteiger partial charge in [0.1, 0.15) is 12.1 Å². The van der Waals surface area contributed by atoms with Crippen LogP contribution in [0, 0.1) is 12.7 Å². The van der Waals surface area contributed by atoms with Gasteiger partial charge in [0.25, 0.3) is 0 Å². The quantitative estimate of drug-likeness (QED) is 0.470. The van der Waals surface area contributed by atoms with Crippen molar-refractivity contribution in [1.29, 1.82) is 0 Å². The summed E-state index contributed by atoms with van der Waals surface area (Å²) in [5.41, 5.74) is 1.85. The van der Waals surface area contributed by atoms with Crippen LogP contribution in [0.25, 0.3) is 5.13 Å². The van der Waals surface area contributed by atoms with Crippen molar-refractivity contribution in [2.45, 2.75) is 26.3 Å². The Kier molecular flexibility index (Phi) is 5.17. The monoisotopic (exact) mass is 412 g/mol. The number of benzene rings is 1. The number of carbonyl (C=O) groups excluding carboxylic acids is 1. The van der Waals surface area contributed by atoms with Crippen molar-refractivity contribution in [3.05, 3.63) is 81.0 Å². The Morgan fingerprint density at radius 2 is 2.03 bits per heavy atom. The first-order chi connectivity index (χ1) is 14.0. The predicted molar refractivity (Wildman–Crippen MR) is 105 cm³/mol. The molecule has 0 saturated carbocycles. The van der Waals surface area contributed by atoms with Gasteiger partial charge in [0.15, 0.2) is 10.9 Å². The highest BCUT2D eigenvalue weighted by atomic mass is 32.1. The molecule has 1 N–H and O–H groups in total. The maximum absolute atomic E-state index is 13.0. The lowest BCUT2D eigenvalue weighted by Gasteiger charge is -2.00. The minimum Gasteiger partial charge on any atom is -0.293 e. The van der Waals surface area contributed by atoms with Gasteiger partial charge in [-0.1, -0.05) is 23.5 Å². The van der Waals surface area contributed by atoms with Crippen LogP contribution in [-0.2, 0) is 13.0 Å². The van der Waals surface area contributed by atoms with Crippen molar-refractivity contribution in [3.63, 3.8) is 0 Å². The van der Waals surface area contributed by atoms with Gasteiger partial charge in [0, 0.05) is 18.3 Å². The zero-order chi connectivity index (χ0) is 20.4. The fourth-order valence-electron chi connectivity index (χ4n) is 2.87. The molecule has 0 aliphatic heterocycles. The second kappa shape index (κ2) is 7.92. The molecule has 1 aromatic carbocycles. The first kappa shape index (κ1) is 18.9. The topological polar surface area (TPSA) is 98.5 Å². The first-order valence-electron chi connectivity index (χ1n) is 8.89. The van der Waals surface area contributed by atoms with Crippen molar-refractivity contribution < 1.29 is 9.18 Å². The zero-order valence-electron chi connectivity index (χ0n) is 15.5. The second-order valence-electron chi connectivity index (χ2n) is 6.48. The van der Waals surface area contributed by atoms with Gasteiger partial charge in [-0.15, -0.1) is 0 Å². The van der Waals surface area contributed by atoms with E-state index < -0.39 is 0 Å². The number of rotatable bonds is 7. The van der Waals surface area contributed by atoms with Crippen molar-refractivity contribution in [3.8, 4) is 5.13 Å². The lowest BCUT2D eigenvalue weighted by molar-refractivity contribution is 0.0985. The number of hydrogen-bond acceptors (Lipinski definition) is 6. The van der Waals surface area contributed by atoms with Crippen LogP contribution >= 0.6 is 11.3 Å². The summed E-state index contributed by atoms with van der Waals surface area (Å²) in [5.74, 6) is -0.373. The lowest BCUT2D eigenvalue weighted by Crippen LogP contribution is -2.24. The molecule has 0 fully saturated rings. The van der Waals surface area contributed by atoms with Crippen molar-refractivity contribution in [1.82, 2.24) is 29.5 Å². The van der Waals surface area contributed by atoms with Gasteiger partial charge in [0.2, 0.25) is 0 Å². The Bertz CT molecular complexity index is 1190. The summed E-state index contributed by atoms with van der Waals surface area (Å²) in [6.07, 6.45) is 3.90. The Hall–Kier alpha value is -3.40. The molecule has 0 aliphatic carbocycles. The van der Waals surface area contributed by atoms with Gasteiger partial charge in [-0.2, -0.15) is 10.2 Å². The molecule has 0 radical (unpaired) electrons. The van der Waals surface area contributed by atoms with E-state index in [1.807, 2.05) is 6.07 Å². The predicted octanol–water partition coefficient (Wildman–Crippen LogP) is 2.52. The van der Waals surface area contributed by atoms with Gasteiger partial charge in [-0.3, -0.25) is 9.89 Å². The van der Waals surface area contributed by atoms with Crippen LogP contribution in [0.4, 0.5) is 4.39 Å². The van der Waals surface area contributed by atoms with E-state index in [1.165, 1.54) is 39.0 Å². The normalized spacial score (nSPS) is 11.1. The van der Waals surface area contributed by atoms with Gasteiger partial charge in [-0.05, 0) is 37.1 Å². The standard InChI is InChI=1S/C19H17FN6O2S/c1-12-17(16(27)7-6-15-8-9-21-24-15)29-18(23-12)25-11-22-26(19(25)28)10-13-2-4-14(20)5-3-13/h2-5,8-9,11H,6-7,10H2,1H3,(H,21,24). The maximum atomic E-state index is 13.0. The third-order valence-corrected chi connectivity index (χ3v) is 5.60. The number of H-pyrrole nitrogens is 1. The van der Waals surface area contributed by atoms with E-state index in [1.54, 1.807) is 25.3 Å². The molecule has 3 heterocycles. The molecule has 10 heteroatoms. The Labute approximate surface area is 168 Å². The average Bonchev–Trinajstić information content (AvgIpc) is 3.43. The van der Waals surface area contributed by atoms with Gasteiger partial charge >= 0.3 is 5.69 Å². The van der Waals surface area contributed by atoms with Crippen molar-refractivity contribution in [2.75, 3.05) is 0 Å². The molecule has 0 unspecified atom stereocenters. The molecule has 4 rings (SSSR count). The molecule has 8 nitrogen and oxygen atoms in total. The molecule has 0 atom stereocenters. The minimum atomic E-state index is -0.375. The number of carbonyl (C=O) groups is 1. The Morgan fingerprint density at radius 1 is 1.24 bits per heavy atom. The molecule has 3 aromatic heterocycles. The van der Waals surface area contributed by atoms with E-state index in [9.17, 15) is 14.0 Å². The highest BCUT2D eigenvalue weighted by Crippen LogP contribution is 2.22. The van der Waals surface area contributed by atoms with Crippen molar-refractivity contribution >= 4 is 17.1 Å². The highest BCUT2D eigenvalue weighted by Gasteiger charge is 2.18. The van der Waals surface area contributed by atoms with E-state index >= 15 is 0 Å². The van der Waals surface area contributed by atoms with E-state index in [0.717, 1.165) is 11.3 Å². The third-order valence-electron chi connectivity index (χ3n) is 4.40. The van der Waals surface area contributed by atoms with E-state index in [4.69, 9.17) is 0 Å². The molecule has 0 amide bonds. The fraction of sp³-hybridized carbons (Fsp3) is 0.211. The van der Waals surface area contributed by atoms with E-state index in [0.29, 0.717) is 28.5 Å². The minimum absolute atomic E-state index is 0.0346. The summed E-state index contributed by atoms with van der Waals surface area (Å²) in [5, 5.41) is 11.2. The second-order valence-corrected chi connectivity index (χ2v) is 7.46. The van der Waals surface area contributed by atoms with Crippen LogP contribution in [-0.4, -0.2) is 35.3 Å². The number of hydrogen-bond donors (Lipinski definition) is 1. The first-order valence-corrected chi connectivity index (χ1v) is 9.71. The number of halogens is 1. The molecular formula is C19H17FN6O2S. The lowest BCUT2D eigenvalue weighted by atomic mass is 10.1. The molecule has 0 bridgehead atoms. The van der Waals surface area contributed by atoms with E-state index in [-0.39, 0.29) is 23.8 Å². The van der Waals surface area contributed by atoms with Crippen LogP contribution in [0.5, 0.6) is 0 Å². The summed E-state index contributed by atoms with van der Waals surface area (Å²) in [6, 6.07) is 7.70. The number of nitrogens with one attached hydrogen (secondary N) is 1. The van der Waals surface area contributed by atoms with Crippen LogP contribution in [0.2, 0.25) is 0 Å². The summed E-state index contributed by atoms with van der Waals surface area (Å²) in [4.78, 5) is 30.1. The summed E-state index contributed by atoms with van der Waals surface area (Å²) >= 11 is 1.17. The summed E-state index contributed by atoms with van der Waals surface area (Å²) in [7, 11) is 0. The number of ketones is 1. The van der Waals surface area contributed by atoms with Crippen LogP contribution in [0.3, 0.4) is 0 Å². The van der Waals surface area contributed by atoms with Crippen LogP contribution in [0.1, 0.15) is 33.0 Å². The van der Waals surface area contributed by atoms with Gasteiger partial charge < -0.3 is 0 Å². The molecule has 0 aliphatic rings. The molecule has 148 valence electrons. The maximum Gasteiger partial charge on any atom is 0.352 e. The van der Waals surface area contributed by atoms with Gasteiger partial charge in [-0.25, -0.2) is 23.4 Å². The Morgan fingerprint density at radius 3 is 2.76 bits per heavy atom. The number of aryl methyl sites for hydroxylation is 2. The van der Waals surface area contributed by atoms with Crippen LogP contribution in [0.15, 0.2) is 47.7 Å². The summed E-state index contributed by atoms with van der Waals surface area (Å²) < 4.78 is 15.6. The fourth-order valence-corrected chi connectivity index (χ4v) is 3.87. The van der Waals surface area contributed by atoms with Crippen molar-refractivity contribution in [2.24, 2.45) is 0 Å². The average molecular weight is 412 g/mol. The zero-order valence-corrected chi connectivity index (χ0v) is 16.3. The van der Waals surface area contributed by atoms with Crippen LogP contribution < -0.4 is 5.69 Å². The van der Waals surface area contributed by atoms with E-state index in [2.05, 4.69) is 20.3 Å². The number of aromatic amines is 1. The third kappa shape index (κ3) is 4.06. The number of nitrogens with zero attached hydrogens (tertiary/aromatic N) is 5. The Balaban J connectivity index is 1.52. The molecule has 0 spiro atoms. The molecule has 29 heavy (non-hydrogen) atoms. The molecule has 4 aromatic rings. The number of Topliss-reactive ketones (excluding diaryl/α,β-unsaturated/α-hetero) is 1. The molecule has 0 saturated heterocycles. The number of thiazole rings is 1. The molecular weight excluding hydrogens is 395 g/mol. The highest BCUT2D eigenvalue weighted by molar-refractivity contribution is 7.16. The smallest absolute Gasteiger partial charge is 0.293 e. The largest absolute Gasteiger partial charge is 0.352 e. The van der Waals surface area contributed by atoms with Gasteiger partial charge in [0.05, 0.1) is 17.1 Å². The SMILES string of the molecule is Cc1nc(-n2cnn(Cc3ccc(F)cc3)c2=O)sc1C(=O)CCc1ccn[nH]1. The number of aromatic nitrogens is 6.